The second kappa shape index (κ2) is 7.11. The molecule has 0 saturated carbocycles. The number of hydrogen-bond acceptors (Lipinski definition) is 3. The van der Waals surface area contributed by atoms with Crippen molar-refractivity contribution in [2.24, 2.45) is 0 Å². The lowest BCUT2D eigenvalue weighted by Gasteiger charge is -2.23. The van der Waals surface area contributed by atoms with Crippen LogP contribution in [0.15, 0.2) is 42.5 Å². The number of amides is 1. The lowest BCUT2D eigenvalue weighted by molar-refractivity contribution is 0.102. The lowest BCUT2D eigenvalue weighted by Crippen LogP contribution is -2.36. The molecule has 1 amide bonds. The molecule has 6 heteroatoms. The van der Waals surface area contributed by atoms with Crippen LogP contribution in [0.2, 0.25) is 0 Å². The fourth-order valence-corrected chi connectivity index (χ4v) is 4.83. The summed E-state index contributed by atoms with van der Waals surface area (Å²) in [7, 11) is -3.32. The normalized spacial score (nSPS) is 16.4. The molecule has 0 saturated heterocycles. The van der Waals surface area contributed by atoms with Gasteiger partial charge >= 0.3 is 0 Å². The van der Waals surface area contributed by atoms with Crippen molar-refractivity contribution in [1.29, 1.82) is 0 Å². The molecular formula is C20H24N2O3S. The summed E-state index contributed by atoms with van der Waals surface area (Å²) >= 11 is 0. The second-order valence-electron chi connectivity index (χ2n) is 6.56. The van der Waals surface area contributed by atoms with Gasteiger partial charge in [-0.05, 0) is 62.1 Å². The van der Waals surface area contributed by atoms with Crippen molar-refractivity contribution in [3.8, 4) is 0 Å². The van der Waals surface area contributed by atoms with Crippen LogP contribution in [0, 0.1) is 0 Å². The van der Waals surface area contributed by atoms with Crippen LogP contribution < -0.4 is 9.62 Å². The van der Waals surface area contributed by atoms with E-state index in [0.29, 0.717) is 17.7 Å². The SMILES string of the molecule is CCc1ccccc1NC(=O)c1ccc2c(c1)C[C@@H](C)N2S(=O)(=O)CC. The Morgan fingerprint density at radius 1 is 1.19 bits per heavy atom. The number of benzene rings is 2. The van der Waals surface area contributed by atoms with E-state index in [1.165, 1.54) is 4.31 Å². The summed E-state index contributed by atoms with van der Waals surface area (Å²) in [6.45, 7) is 5.59. The first-order valence-electron chi connectivity index (χ1n) is 8.91. The van der Waals surface area contributed by atoms with E-state index >= 15 is 0 Å². The number of sulfonamides is 1. The largest absolute Gasteiger partial charge is 0.322 e. The van der Waals surface area contributed by atoms with Crippen LogP contribution in [0.3, 0.4) is 0 Å². The number of hydrogen-bond donors (Lipinski definition) is 1. The van der Waals surface area contributed by atoms with Crippen LogP contribution in [0.25, 0.3) is 0 Å². The molecule has 2 aromatic rings. The maximum absolute atomic E-state index is 12.7. The molecule has 3 rings (SSSR count). The third kappa shape index (κ3) is 3.33. The maximum Gasteiger partial charge on any atom is 0.255 e. The number of para-hydroxylation sites is 1. The fourth-order valence-electron chi connectivity index (χ4n) is 3.45. The monoisotopic (exact) mass is 372 g/mol. The minimum Gasteiger partial charge on any atom is -0.322 e. The van der Waals surface area contributed by atoms with Crippen LogP contribution in [0.4, 0.5) is 11.4 Å². The first kappa shape index (κ1) is 18.5. The van der Waals surface area contributed by atoms with Gasteiger partial charge in [-0.2, -0.15) is 0 Å². The first-order chi connectivity index (χ1) is 12.4. The molecule has 1 aliphatic rings. The Kier molecular flexibility index (Phi) is 5.05. The average Bonchev–Trinajstić information content (AvgIpc) is 2.97. The van der Waals surface area contributed by atoms with Gasteiger partial charge in [0.2, 0.25) is 10.0 Å². The van der Waals surface area contributed by atoms with Crippen molar-refractivity contribution in [2.75, 3.05) is 15.4 Å². The van der Waals surface area contributed by atoms with Gasteiger partial charge < -0.3 is 5.32 Å². The summed E-state index contributed by atoms with van der Waals surface area (Å²) in [5, 5.41) is 2.96. The molecule has 1 aliphatic heterocycles. The van der Waals surface area contributed by atoms with Crippen molar-refractivity contribution in [1.82, 2.24) is 0 Å². The molecule has 0 aromatic heterocycles. The molecule has 138 valence electrons. The Labute approximate surface area is 155 Å². The standard InChI is InChI=1S/C20H24N2O3S/c1-4-15-8-6-7-9-18(15)21-20(23)16-10-11-19-17(13-16)12-14(3)22(19)26(24,25)5-2/h6-11,13-14H,4-5,12H2,1-3H3,(H,21,23)/t14-/m1/s1. The predicted octanol–water partition coefficient (Wildman–Crippen LogP) is 3.60. The molecule has 2 aromatic carbocycles. The van der Waals surface area contributed by atoms with Crippen molar-refractivity contribution >= 4 is 27.3 Å². The Bertz CT molecular complexity index is 938. The molecular weight excluding hydrogens is 348 g/mol. The van der Waals surface area contributed by atoms with E-state index < -0.39 is 10.0 Å². The summed E-state index contributed by atoms with van der Waals surface area (Å²) in [5.41, 5.74) is 4.01. The van der Waals surface area contributed by atoms with E-state index in [2.05, 4.69) is 5.32 Å². The number of anilines is 2. The molecule has 0 spiro atoms. The van der Waals surface area contributed by atoms with Crippen LogP contribution in [0.1, 0.15) is 42.3 Å². The zero-order valence-electron chi connectivity index (χ0n) is 15.3. The van der Waals surface area contributed by atoms with Crippen LogP contribution in [0.5, 0.6) is 0 Å². The number of carbonyl (C=O) groups excluding carboxylic acids is 1. The summed E-state index contributed by atoms with van der Waals surface area (Å²) < 4.78 is 26.2. The molecule has 5 nitrogen and oxygen atoms in total. The summed E-state index contributed by atoms with van der Waals surface area (Å²) in [6, 6.07) is 12.8. The Morgan fingerprint density at radius 3 is 2.62 bits per heavy atom. The van der Waals surface area contributed by atoms with Gasteiger partial charge in [0.1, 0.15) is 0 Å². The van der Waals surface area contributed by atoms with Crippen molar-refractivity contribution in [3.05, 3.63) is 59.2 Å². The molecule has 1 heterocycles. The van der Waals surface area contributed by atoms with Crippen molar-refractivity contribution < 1.29 is 13.2 Å². The average molecular weight is 372 g/mol. The zero-order chi connectivity index (χ0) is 18.9. The highest BCUT2D eigenvalue weighted by Crippen LogP contribution is 2.35. The van der Waals surface area contributed by atoms with E-state index in [1.54, 1.807) is 25.1 Å². The summed E-state index contributed by atoms with van der Waals surface area (Å²) in [6.07, 6.45) is 1.45. The summed E-state index contributed by atoms with van der Waals surface area (Å²) in [4.78, 5) is 12.7. The molecule has 0 aliphatic carbocycles. The highest BCUT2D eigenvalue weighted by molar-refractivity contribution is 7.92. The molecule has 1 atom stereocenters. The van der Waals surface area contributed by atoms with E-state index in [4.69, 9.17) is 0 Å². The number of aryl methyl sites for hydroxylation is 1. The van der Waals surface area contributed by atoms with Crippen LogP contribution in [-0.4, -0.2) is 26.1 Å². The fraction of sp³-hybridized carbons (Fsp3) is 0.350. The van der Waals surface area contributed by atoms with Crippen molar-refractivity contribution in [3.63, 3.8) is 0 Å². The van der Waals surface area contributed by atoms with Gasteiger partial charge in [0.25, 0.3) is 5.91 Å². The van der Waals surface area contributed by atoms with Gasteiger partial charge in [-0.25, -0.2) is 8.42 Å². The third-order valence-corrected chi connectivity index (χ3v) is 6.69. The minimum atomic E-state index is -3.32. The smallest absolute Gasteiger partial charge is 0.255 e. The highest BCUT2D eigenvalue weighted by atomic mass is 32.2. The summed E-state index contributed by atoms with van der Waals surface area (Å²) in [5.74, 6) is -0.120. The highest BCUT2D eigenvalue weighted by Gasteiger charge is 2.34. The topological polar surface area (TPSA) is 66.5 Å². The van der Waals surface area contributed by atoms with Crippen LogP contribution in [-0.2, 0) is 22.9 Å². The van der Waals surface area contributed by atoms with Crippen LogP contribution >= 0.6 is 0 Å². The molecule has 0 bridgehead atoms. The van der Waals surface area contributed by atoms with Gasteiger partial charge in [0, 0.05) is 17.3 Å². The predicted molar refractivity (Wildman–Crippen MR) is 105 cm³/mol. The number of fused-ring (bicyclic) bond motifs is 1. The molecule has 26 heavy (non-hydrogen) atoms. The Hall–Kier alpha value is -2.34. The van der Waals surface area contributed by atoms with Gasteiger partial charge in [-0.3, -0.25) is 9.10 Å². The minimum absolute atomic E-state index is 0.0623. The molecule has 0 fully saturated rings. The van der Waals surface area contributed by atoms with Gasteiger partial charge in [-0.15, -0.1) is 0 Å². The number of nitrogens with zero attached hydrogens (tertiary/aromatic N) is 1. The second-order valence-corrected chi connectivity index (χ2v) is 8.69. The Balaban J connectivity index is 1.88. The Morgan fingerprint density at radius 2 is 1.92 bits per heavy atom. The lowest BCUT2D eigenvalue weighted by atomic mass is 10.1. The zero-order valence-corrected chi connectivity index (χ0v) is 16.1. The van der Waals surface area contributed by atoms with E-state index in [9.17, 15) is 13.2 Å². The van der Waals surface area contributed by atoms with Gasteiger partial charge in [-0.1, -0.05) is 25.1 Å². The van der Waals surface area contributed by atoms with Crippen molar-refractivity contribution in [2.45, 2.75) is 39.7 Å². The number of carbonyl (C=O) groups is 1. The first-order valence-corrected chi connectivity index (χ1v) is 10.5. The molecule has 1 N–H and O–H groups in total. The quantitative estimate of drug-likeness (QED) is 0.872. The van der Waals surface area contributed by atoms with E-state index in [-0.39, 0.29) is 17.7 Å². The van der Waals surface area contributed by atoms with E-state index in [1.807, 2.05) is 38.1 Å². The number of nitrogens with one attached hydrogen (secondary N) is 1. The van der Waals surface area contributed by atoms with Gasteiger partial charge in [0.05, 0.1) is 11.4 Å². The van der Waals surface area contributed by atoms with E-state index in [0.717, 1.165) is 23.2 Å². The number of rotatable bonds is 5. The molecule has 0 radical (unpaired) electrons. The third-order valence-electron chi connectivity index (χ3n) is 4.81. The van der Waals surface area contributed by atoms with Gasteiger partial charge in [0.15, 0.2) is 0 Å². The maximum atomic E-state index is 12.7. The molecule has 0 unspecified atom stereocenters.